The van der Waals surface area contributed by atoms with E-state index >= 15 is 0 Å². The van der Waals surface area contributed by atoms with E-state index in [9.17, 15) is 17.6 Å². The normalized spacial score (nSPS) is 16.1. The molecule has 1 unspecified atom stereocenters. The Bertz CT molecular complexity index is 566. The zero-order valence-electron chi connectivity index (χ0n) is 12.0. The van der Waals surface area contributed by atoms with Gasteiger partial charge in [0.2, 0.25) is 0 Å². The van der Waals surface area contributed by atoms with Crippen LogP contribution in [0.2, 0.25) is 0 Å². The maximum absolute atomic E-state index is 13.4. The van der Waals surface area contributed by atoms with Gasteiger partial charge in [0.1, 0.15) is 23.2 Å². The maximum atomic E-state index is 13.4. The first-order valence-electron chi connectivity index (χ1n) is 6.02. The van der Waals surface area contributed by atoms with Crippen LogP contribution in [-0.2, 0) is 4.74 Å². The molecule has 0 aliphatic carbocycles. The molecule has 0 N–H and O–H groups in total. The van der Waals surface area contributed by atoms with Crippen molar-refractivity contribution in [1.29, 1.82) is 5.26 Å². The fraction of sp³-hybridized carbons (Fsp3) is 0.364. The molecule has 0 aliphatic rings. The summed E-state index contributed by atoms with van der Waals surface area (Å²) in [6.45, 7) is 0. The molecule has 0 saturated carbocycles. The van der Waals surface area contributed by atoms with Crippen molar-refractivity contribution < 1.29 is 31.1 Å². The zero-order chi connectivity index (χ0) is 16.4. The molecule has 0 aliphatic heterocycles. The zero-order valence-corrected chi connectivity index (χ0v) is 9.01. The van der Waals surface area contributed by atoms with Crippen LogP contribution in [0.5, 0.6) is 5.75 Å². The number of benzene rings is 1. The SMILES string of the molecule is [2H]C([2H])([2H])OC(c1ccc(F)c(C#N)c1OC)C(F)(F)F. The second-order valence-corrected chi connectivity index (χ2v) is 3.20. The molecule has 7 heteroatoms. The van der Waals surface area contributed by atoms with Crippen molar-refractivity contribution in [3.8, 4) is 11.8 Å². The Hall–Kier alpha value is -1.81. The minimum absolute atomic E-state index is 0.609. The van der Waals surface area contributed by atoms with Gasteiger partial charge in [0, 0.05) is 12.6 Å². The average Bonchev–Trinajstić information content (AvgIpc) is 2.33. The van der Waals surface area contributed by atoms with Crippen molar-refractivity contribution in [3.63, 3.8) is 0 Å². The summed E-state index contributed by atoms with van der Waals surface area (Å²) < 4.78 is 81.3. The molecule has 0 aromatic heterocycles. The van der Waals surface area contributed by atoms with E-state index in [1.165, 1.54) is 6.07 Å². The van der Waals surface area contributed by atoms with Gasteiger partial charge < -0.3 is 9.47 Å². The fourth-order valence-electron chi connectivity index (χ4n) is 1.41. The molecule has 1 aromatic rings. The first-order chi connectivity index (χ1) is 9.51. The minimum atomic E-state index is -5.09. The summed E-state index contributed by atoms with van der Waals surface area (Å²) in [5.41, 5.74) is -1.56. The quantitative estimate of drug-likeness (QED) is 0.790. The number of methoxy groups -OCH3 is 2. The van der Waals surface area contributed by atoms with Crippen molar-refractivity contribution in [1.82, 2.24) is 0 Å². The Labute approximate surface area is 105 Å². The van der Waals surface area contributed by atoms with Crippen LogP contribution in [0.3, 0.4) is 0 Å². The molecule has 0 bridgehead atoms. The van der Waals surface area contributed by atoms with Gasteiger partial charge in [-0.3, -0.25) is 0 Å². The molecule has 0 spiro atoms. The lowest BCUT2D eigenvalue weighted by atomic mass is 10.0. The van der Waals surface area contributed by atoms with Crippen LogP contribution in [0.1, 0.15) is 21.3 Å². The number of alkyl halides is 3. The van der Waals surface area contributed by atoms with Gasteiger partial charge in [-0.2, -0.15) is 18.4 Å². The number of rotatable bonds is 3. The molecule has 0 amide bonds. The Morgan fingerprint density at radius 1 is 1.44 bits per heavy atom. The highest BCUT2D eigenvalue weighted by molar-refractivity contribution is 5.50. The van der Waals surface area contributed by atoms with Crippen molar-refractivity contribution in [2.24, 2.45) is 0 Å². The molecule has 98 valence electrons. The summed E-state index contributed by atoms with van der Waals surface area (Å²) in [7, 11) is -2.41. The summed E-state index contributed by atoms with van der Waals surface area (Å²) in [4.78, 5) is 0. The van der Waals surface area contributed by atoms with E-state index in [0.717, 1.165) is 7.11 Å². The topological polar surface area (TPSA) is 42.2 Å². The lowest BCUT2D eigenvalue weighted by Crippen LogP contribution is -2.23. The third-order valence-corrected chi connectivity index (χ3v) is 2.15. The van der Waals surface area contributed by atoms with Gasteiger partial charge in [-0.05, 0) is 12.1 Å². The van der Waals surface area contributed by atoms with Crippen molar-refractivity contribution in [2.75, 3.05) is 14.1 Å². The maximum Gasteiger partial charge on any atom is 0.418 e. The molecule has 3 nitrogen and oxygen atoms in total. The predicted molar refractivity (Wildman–Crippen MR) is 53.5 cm³/mol. The number of nitriles is 1. The number of ether oxygens (including phenoxy) is 2. The molecule has 1 atom stereocenters. The van der Waals surface area contributed by atoms with E-state index in [-0.39, 0.29) is 0 Å². The number of hydrogen-bond acceptors (Lipinski definition) is 3. The van der Waals surface area contributed by atoms with E-state index in [2.05, 4.69) is 9.47 Å². The molecular weight excluding hydrogens is 254 g/mol. The highest BCUT2D eigenvalue weighted by atomic mass is 19.4. The van der Waals surface area contributed by atoms with E-state index in [1.54, 1.807) is 0 Å². The molecule has 0 heterocycles. The molecule has 1 aromatic carbocycles. The predicted octanol–water partition coefficient (Wildman–Crippen LogP) is 2.96. The Balaban J connectivity index is 3.49. The second-order valence-electron chi connectivity index (χ2n) is 3.20. The Morgan fingerprint density at radius 2 is 2.11 bits per heavy atom. The van der Waals surface area contributed by atoms with Crippen molar-refractivity contribution in [2.45, 2.75) is 12.3 Å². The van der Waals surface area contributed by atoms with Gasteiger partial charge in [0.05, 0.1) is 11.2 Å². The third-order valence-electron chi connectivity index (χ3n) is 2.15. The van der Waals surface area contributed by atoms with E-state index in [4.69, 9.17) is 9.37 Å². The van der Waals surface area contributed by atoms with Crippen LogP contribution < -0.4 is 4.74 Å². The third kappa shape index (κ3) is 2.54. The summed E-state index contributed by atoms with van der Waals surface area (Å²) in [5.74, 6) is -1.81. The van der Waals surface area contributed by atoms with Crippen molar-refractivity contribution in [3.05, 3.63) is 29.1 Å². The fourth-order valence-corrected chi connectivity index (χ4v) is 1.41. The van der Waals surface area contributed by atoms with Crippen LogP contribution in [0.4, 0.5) is 17.6 Å². The van der Waals surface area contributed by atoms with Crippen LogP contribution in [-0.4, -0.2) is 20.3 Å². The van der Waals surface area contributed by atoms with E-state index < -0.39 is 42.0 Å². The molecule has 18 heavy (non-hydrogen) atoms. The van der Waals surface area contributed by atoms with Crippen LogP contribution >= 0.6 is 0 Å². The van der Waals surface area contributed by atoms with Crippen LogP contribution in [0.25, 0.3) is 0 Å². The molecular formula is C11H9F4NO2. The summed E-state index contributed by atoms with van der Waals surface area (Å²) in [5, 5.41) is 8.77. The first kappa shape index (κ1) is 10.1. The van der Waals surface area contributed by atoms with Gasteiger partial charge in [-0.15, -0.1) is 0 Å². The summed E-state index contributed by atoms with van der Waals surface area (Å²) >= 11 is 0. The number of nitrogens with zero attached hydrogens (tertiary/aromatic N) is 1. The molecule has 0 radical (unpaired) electrons. The van der Waals surface area contributed by atoms with Crippen molar-refractivity contribution >= 4 is 0 Å². The molecule has 1 rings (SSSR count). The van der Waals surface area contributed by atoms with Gasteiger partial charge in [-0.1, -0.05) is 0 Å². The van der Waals surface area contributed by atoms with E-state index in [0.29, 0.717) is 12.1 Å². The van der Waals surface area contributed by atoms with Crippen LogP contribution in [0.15, 0.2) is 12.1 Å². The minimum Gasteiger partial charge on any atom is -0.495 e. The molecule has 0 fully saturated rings. The number of halogens is 4. The van der Waals surface area contributed by atoms with Crippen LogP contribution in [0, 0.1) is 17.1 Å². The lowest BCUT2D eigenvalue weighted by molar-refractivity contribution is -0.216. The van der Waals surface area contributed by atoms with Gasteiger partial charge in [0.15, 0.2) is 6.10 Å². The summed E-state index contributed by atoms with van der Waals surface area (Å²) in [6, 6.07) is 2.64. The van der Waals surface area contributed by atoms with Gasteiger partial charge >= 0.3 is 6.18 Å². The largest absolute Gasteiger partial charge is 0.495 e. The van der Waals surface area contributed by atoms with Gasteiger partial charge in [0.25, 0.3) is 0 Å². The lowest BCUT2D eigenvalue weighted by Gasteiger charge is -2.21. The monoisotopic (exact) mass is 266 g/mol. The van der Waals surface area contributed by atoms with E-state index in [1.807, 2.05) is 0 Å². The Morgan fingerprint density at radius 3 is 2.56 bits per heavy atom. The first-order valence-corrected chi connectivity index (χ1v) is 4.52. The molecule has 0 saturated heterocycles. The standard InChI is InChI=1S/C11H9F4NO2/c1-17-9-6(10(18-2)11(13,14)15)3-4-8(12)7(9)5-16/h3-4,10H,1-2H3/i2D3. The number of hydrogen-bond donors (Lipinski definition) is 0. The second kappa shape index (κ2) is 5.23. The smallest absolute Gasteiger partial charge is 0.418 e. The van der Waals surface area contributed by atoms with Gasteiger partial charge in [-0.25, -0.2) is 4.39 Å². The average molecular weight is 266 g/mol. The highest BCUT2D eigenvalue weighted by Crippen LogP contribution is 2.41. The Kier molecular flexibility index (Phi) is 2.95. The summed E-state index contributed by atoms with van der Waals surface area (Å²) in [6.07, 6.45) is -7.97. The highest BCUT2D eigenvalue weighted by Gasteiger charge is 2.43.